The van der Waals surface area contributed by atoms with E-state index in [0.717, 1.165) is 24.6 Å². The van der Waals surface area contributed by atoms with Gasteiger partial charge in [-0.05, 0) is 12.1 Å². The van der Waals surface area contributed by atoms with Crippen molar-refractivity contribution < 1.29 is 4.79 Å². The van der Waals surface area contributed by atoms with Gasteiger partial charge in [0.05, 0.1) is 0 Å². The Morgan fingerprint density at radius 2 is 2.30 bits per heavy atom. The van der Waals surface area contributed by atoms with E-state index in [0.29, 0.717) is 17.7 Å². The molecule has 1 fully saturated rings. The summed E-state index contributed by atoms with van der Waals surface area (Å²) in [6.45, 7) is 3.88. The van der Waals surface area contributed by atoms with Gasteiger partial charge in [-0.15, -0.1) is 11.8 Å². The van der Waals surface area contributed by atoms with Crippen molar-refractivity contribution in [2.24, 2.45) is 0 Å². The fourth-order valence-electron chi connectivity index (χ4n) is 2.08. The van der Waals surface area contributed by atoms with Gasteiger partial charge in [0.2, 0.25) is 5.91 Å². The Kier molecular flexibility index (Phi) is 6.76. The van der Waals surface area contributed by atoms with Crippen LogP contribution in [0.15, 0.2) is 35.2 Å². The van der Waals surface area contributed by atoms with Crippen LogP contribution in [0.4, 0.5) is 0 Å². The zero-order valence-corrected chi connectivity index (χ0v) is 13.4. The number of benzene rings is 1. The SMILES string of the molecule is CC(CNC(=O)CC1CSCCN1)Sc1ccccc1. The normalized spacial score (nSPS) is 20.4. The predicted octanol–water partition coefficient (Wildman–Crippen LogP) is 2.38. The topological polar surface area (TPSA) is 41.1 Å². The first-order valence-corrected chi connectivity index (χ1v) is 9.07. The van der Waals surface area contributed by atoms with Crippen LogP contribution in [0, 0.1) is 0 Å². The van der Waals surface area contributed by atoms with Gasteiger partial charge < -0.3 is 10.6 Å². The van der Waals surface area contributed by atoms with Gasteiger partial charge in [0.15, 0.2) is 0 Å². The van der Waals surface area contributed by atoms with Crippen LogP contribution >= 0.6 is 23.5 Å². The smallest absolute Gasteiger partial charge is 0.221 e. The Morgan fingerprint density at radius 1 is 1.50 bits per heavy atom. The molecule has 2 rings (SSSR count). The number of carbonyl (C=O) groups is 1. The number of carbonyl (C=O) groups excluding carboxylic acids is 1. The monoisotopic (exact) mass is 310 g/mol. The fourth-order valence-corrected chi connectivity index (χ4v) is 3.97. The summed E-state index contributed by atoms with van der Waals surface area (Å²) in [4.78, 5) is 13.1. The Bertz CT molecular complexity index is 408. The Balaban J connectivity index is 1.64. The molecular formula is C15H22N2OS2. The first kappa shape index (κ1) is 15.7. The third kappa shape index (κ3) is 5.77. The number of nitrogens with one attached hydrogen (secondary N) is 2. The molecule has 5 heteroatoms. The van der Waals surface area contributed by atoms with Crippen molar-refractivity contribution in [3.63, 3.8) is 0 Å². The van der Waals surface area contributed by atoms with E-state index in [1.54, 1.807) is 11.8 Å². The summed E-state index contributed by atoms with van der Waals surface area (Å²) in [5, 5.41) is 6.82. The summed E-state index contributed by atoms with van der Waals surface area (Å²) < 4.78 is 0. The molecule has 0 saturated carbocycles. The summed E-state index contributed by atoms with van der Waals surface area (Å²) in [6.07, 6.45) is 0.593. The van der Waals surface area contributed by atoms with E-state index < -0.39 is 0 Å². The van der Waals surface area contributed by atoms with Gasteiger partial charge in [0.1, 0.15) is 0 Å². The van der Waals surface area contributed by atoms with Crippen LogP contribution in [0.3, 0.4) is 0 Å². The van der Waals surface area contributed by atoms with Crippen molar-refractivity contribution in [2.75, 3.05) is 24.6 Å². The minimum Gasteiger partial charge on any atom is -0.355 e. The van der Waals surface area contributed by atoms with Crippen LogP contribution in [0.2, 0.25) is 0 Å². The van der Waals surface area contributed by atoms with Crippen LogP contribution in [0.1, 0.15) is 13.3 Å². The second kappa shape index (κ2) is 8.60. The molecule has 2 N–H and O–H groups in total. The molecule has 3 nitrogen and oxygen atoms in total. The first-order valence-electron chi connectivity index (χ1n) is 7.03. The molecule has 110 valence electrons. The molecule has 1 aliphatic rings. The standard InChI is InChI=1S/C15H22N2OS2/c1-12(20-14-5-3-2-4-6-14)10-17-15(18)9-13-11-19-8-7-16-13/h2-6,12-13,16H,7-11H2,1H3,(H,17,18). The molecule has 1 saturated heterocycles. The Hall–Kier alpha value is -0.650. The number of amides is 1. The molecule has 1 aliphatic heterocycles. The predicted molar refractivity (Wildman–Crippen MR) is 88.5 cm³/mol. The van der Waals surface area contributed by atoms with Crippen LogP contribution in [-0.2, 0) is 4.79 Å². The summed E-state index contributed by atoms with van der Waals surface area (Å²) in [6, 6.07) is 10.6. The lowest BCUT2D eigenvalue weighted by molar-refractivity contribution is -0.121. The van der Waals surface area contributed by atoms with Crippen LogP contribution in [-0.4, -0.2) is 41.8 Å². The number of hydrogen-bond acceptors (Lipinski definition) is 4. The lowest BCUT2D eigenvalue weighted by Gasteiger charge is -2.22. The molecule has 1 heterocycles. The molecule has 0 aliphatic carbocycles. The van der Waals surface area contributed by atoms with Crippen LogP contribution in [0.5, 0.6) is 0 Å². The summed E-state index contributed by atoms with van der Waals surface area (Å²) in [7, 11) is 0. The van der Waals surface area contributed by atoms with E-state index in [4.69, 9.17) is 0 Å². The van der Waals surface area contributed by atoms with Gasteiger partial charge >= 0.3 is 0 Å². The quantitative estimate of drug-likeness (QED) is 0.792. The van der Waals surface area contributed by atoms with E-state index in [-0.39, 0.29) is 5.91 Å². The zero-order chi connectivity index (χ0) is 14.2. The molecule has 1 aromatic rings. The molecule has 1 amide bonds. The van der Waals surface area contributed by atoms with E-state index >= 15 is 0 Å². The molecule has 0 aromatic heterocycles. The molecule has 0 radical (unpaired) electrons. The second-order valence-electron chi connectivity index (χ2n) is 4.98. The van der Waals surface area contributed by atoms with Gasteiger partial charge in [-0.2, -0.15) is 11.8 Å². The first-order chi connectivity index (χ1) is 9.74. The highest BCUT2D eigenvalue weighted by Crippen LogP contribution is 2.21. The summed E-state index contributed by atoms with van der Waals surface area (Å²) in [5.74, 6) is 2.36. The van der Waals surface area contributed by atoms with Gasteiger partial charge in [-0.3, -0.25) is 4.79 Å². The molecule has 0 spiro atoms. The highest BCUT2D eigenvalue weighted by Gasteiger charge is 2.16. The van der Waals surface area contributed by atoms with Crippen molar-refractivity contribution in [3.8, 4) is 0 Å². The van der Waals surface area contributed by atoms with E-state index in [2.05, 4.69) is 29.7 Å². The van der Waals surface area contributed by atoms with Gasteiger partial charge in [0, 0.05) is 47.2 Å². The third-order valence-electron chi connectivity index (χ3n) is 3.10. The molecule has 1 aromatic carbocycles. The average Bonchev–Trinajstić information content (AvgIpc) is 2.47. The van der Waals surface area contributed by atoms with E-state index in [1.165, 1.54) is 4.90 Å². The maximum absolute atomic E-state index is 11.9. The zero-order valence-electron chi connectivity index (χ0n) is 11.8. The van der Waals surface area contributed by atoms with Crippen molar-refractivity contribution >= 4 is 29.4 Å². The van der Waals surface area contributed by atoms with Crippen molar-refractivity contribution in [3.05, 3.63) is 30.3 Å². The van der Waals surface area contributed by atoms with Crippen molar-refractivity contribution in [1.29, 1.82) is 0 Å². The van der Waals surface area contributed by atoms with Crippen LogP contribution in [0.25, 0.3) is 0 Å². The Morgan fingerprint density at radius 3 is 3.00 bits per heavy atom. The largest absolute Gasteiger partial charge is 0.355 e. The maximum Gasteiger partial charge on any atom is 0.221 e. The highest BCUT2D eigenvalue weighted by molar-refractivity contribution is 8.00. The minimum absolute atomic E-state index is 0.158. The van der Waals surface area contributed by atoms with Gasteiger partial charge in [-0.1, -0.05) is 25.1 Å². The second-order valence-corrected chi connectivity index (χ2v) is 7.64. The van der Waals surface area contributed by atoms with Gasteiger partial charge in [-0.25, -0.2) is 0 Å². The lowest BCUT2D eigenvalue weighted by Crippen LogP contribution is -2.42. The number of rotatable bonds is 6. The number of hydrogen-bond donors (Lipinski definition) is 2. The molecule has 2 unspecified atom stereocenters. The molecular weight excluding hydrogens is 288 g/mol. The third-order valence-corrected chi connectivity index (χ3v) is 5.34. The van der Waals surface area contributed by atoms with Crippen molar-refractivity contribution in [2.45, 2.75) is 29.5 Å². The minimum atomic E-state index is 0.158. The molecule has 0 bridgehead atoms. The Labute approximate surface area is 129 Å². The van der Waals surface area contributed by atoms with Crippen LogP contribution < -0.4 is 10.6 Å². The highest BCUT2D eigenvalue weighted by atomic mass is 32.2. The number of thioether (sulfide) groups is 2. The van der Waals surface area contributed by atoms with E-state index in [9.17, 15) is 4.79 Å². The van der Waals surface area contributed by atoms with E-state index in [1.807, 2.05) is 30.0 Å². The average molecular weight is 310 g/mol. The maximum atomic E-state index is 11.9. The van der Waals surface area contributed by atoms with Gasteiger partial charge in [0.25, 0.3) is 0 Å². The molecule has 20 heavy (non-hydrogen) atoms. The molecule has 2 atom stereocenters. The fraction of sp³-hybridized carbons (Fsp3) is 0.533. The lowest BCUT2D eigenvalue weighted by atomic mass is 10.2. The van der Waals surface area contributed by atoms with Crippen molar-refractivity contribution in [1.82, 2.24) is 10.6 Å². The summed E-state index contributed by atoms with van der Waals surface area (Å²) in [5.41, 5.74) is 0. The summed E-state index contributed by atoms with van der Waals surface area (Å²) >= 11 is 3.72.